The average molecular weight is 328 g/mol. The summed E-state index contributed by atoms with van der Waals surface area (Å²) in [6.07, 6.45) is 0.654. The van der Waals surface area contributed by atoms with E-state index in [-0.39, 0.29) is 21.2 Å². The highest BCUT2D eigenvalue weighted by atomic mass is 35.5. The maximum absolute atomic E-state index is 13.3. The molecule has 2 aromatic rings. The molecule has 1 amide bonds. The van der Waals surface area contributed by atoms with Crippen molar-refractivity contribution in [3.8, 4) is 0 Å². The van der Waals surface area contributed by atoms with E-state index in [9.17, 15) is 14.0 Å². The van der Waals surface area contributed by atoms with E-state index < -0.39 is 17.7 Å². The summed E-state index contributed by atoms with van der Waals surface area (Å²) in [4.78, 5) is 24.1. The predicted molar refractivity (Wildman–Crippen MR) is 80.0 cm³/mol. The van der Waals surface area contributed by atoms with E-state index in [0.717, 1.165) is 10.9 Å². The molecule has 1 heterocycles. The molecular weight excluding hydrogens is 317 g/mol. The smallest absolute Gasteiger partial charge is 0.338 e. The first kappa shape index (κ1) is 15.5. The molecule has 0 aliphatic rings. The van der Waals surface area contributed by atoms with Crippen molar-refractivity contribution < 1.29 is 19.1 Å². The standard InChI is InChI=1S/C14H11ClFNO3S/c1-2-7-6-9(14(19)20)13(21-7)17-12(18)8-4-3-5-10(16)11(8)15/h3-6H,2H2,1H3,(H,17,18)(H,19,20). The molecule has 2 N–H and O–H groups in total. The number of aromatic carboxylic acids is 1. The van der Waals surface area contributed by atoms with Gasteiger partial charge in [0.1, 0.15) is 10.8 Å². The summed E-state index contributed by atoms with van der Waals surface area (Å²) >= 11 is 6.91. The average Bonchev–Trinajstić information content (AvgIpc) is 2.85. The molecule has 0 saturated heterocycles. The van der Waals surface area contributed by atoms with Crippen LogP contribution in [0.15, 0.2) is 24.3 Å². The molecule has 0 saturated carbocycles. The first-order valence-corrected chi connectivity index (χ1v) is 7.24. The number of carbonyl (C=O) groups excluding carboxylic acids is 1. The number of thiophene rings is 1. The van der Waals surface area contributed by atoms with Gasteiger partial charge in [0.05, 0.1) is 16.1 Å². The Morgan fingerprint density at radius 1 is 1.38 bits per heavy atom. The summed E-state index contributed by atoms with van der Waals surface area (Å²) in [7, 11) is 0. The van der Waals surface area contributed by atoms with Gasteiger partial charge in [-0.3, -0.25) is 4.79 Å². The Labute approximate surface area is 129 Å². The number of carbonyl (C=O) groups is 2. The van der Waals surface area contributed by atoms with E-state index in [2.05, 4.69) is 5.32 Å². The lowest BCUT2D eigenvalue weighted by Crippen LogP contribution is -2.14. The maximum atomic E-state index is 13.3. The van der Waals surface area contributed by atoms with Gasteiger partial charge in [-0.15, -0.1) is 11.3 Å². The van der Waals surface area contributed by atoms with Crippen molar-refractivity contribution in [1.82, 2.24) is 0 Å². The summed E-state index contributed by atoms with van der Waals surface area (Å²) in [5.41, 5.74) is -0.0304. The second kappa shape index (κ2) is 6.24. The fraction of sp³-hybridized carbons (Fsp3) is 0.143. The van der Waals surface area contributed by atoms with Crippen LogP contribution in [0.1, 0.15) is 32.5 Å². The van der Waals surface area contributed by atoms with E-state index in [0.29, 0.717) is 6.42 Å². The molecule has 0 radical (unpaired) electrons. The molecular formula is C14H11ClFNO3S. The number of anilines is 1. The number of hydrogen-bond donors (Lipinski definition) is 2. The van der Waals surface area contributed by atoms with Gasteiger partial charge < -0.3 is 10.4 Å². The van der Waals surface area contributed by atoms with Crippen molar-refractivity contribution >= 4 is 39.8 Å². The van der Waals surface area contributed by atoms with E-state index in [1.54, 1.807) is 0 Å². The third-order valence-corrected chi connectivity index (χ3v) is 4.36. The van der Waals surface area contributed by atoms with Crippen LogP contribution in [0.25, 0.3) is 0 Å². The summed E-state index contributed by atoms with van der Waals surface area (Å²) in [5.74, 6) is -2.48. The van der Waals surface area contributed by atoms with Gasteiger partial charge in [0.2, 0.25) is 0 Å². The maximum Gasteiger partial charge on any atom is 0.338 e. The van der Waals surface area contributed by atoms with Crippen LogP contribution in [0.5, 0.6) is 0 Å². The van der Waals surface area contributed by atoms with Crippen molar-refractivity contribution in [3.63, 3.8) is 0 Å². The second-order valence-electron chi connectivity index (χ2n) is 4.17. The molecule has 21 heavy (non-hydrogen) atoms. The normalized spacial score (nSPS) is 10.4. The lowest BCUT2D eigenvalue weighted by molar-refractivity contribution is 0.0698. The zero-order chi connectivity index (χ0) is 15.6. The Morgan fingerprint density at radius 2 is 2.10 bits per heavy atom. The van der Waals surface area contributed by atoms with Gasteiger partial charge in [0, 0.05) is 4.88 Å². The minimum absolute atomic E-state index is 0.0118. The molecule has 0 aliphatic heterocycles. The molecule has 1 aromatic carbocycles. The lowest BCUT2D eigenvalue weighted by atomic mass is 10.2. The van der Waals surface area contributed by atoms with Crippen molar-refractivity contribution in [2.45, 2.75) is 13.3 Å². The fourth-order valence-corrected chi connectivity index (χ4v) is 2.91. The van der Waals surface area contributed by atoms with E-state index in [1.165, 1.54) is 29.5 Å². The second-order valence-corrected chi connectivity index (χ2v) is 5.68. The molecule has 0 atom stereocenters. The molecule has 7 heteroatoms. The van der Waals surface area contributed by atoms with Gasteiger partial charge in [-0.1, -0.05) is 24.6 Å². The number of rotatable bonds is 4. The summed E-state index contributed by atoms with van der Waals surface area (Å²) < 4.78 is 13.3. The van der Waals surface area contributed by atoms with E-state index >= 15 is 0 Å². The molecule has 0 bridgehead atoms. The van der Waals surface area contributed by atoms with Gasteiger partial charge in [-0.2, -0.15) is 0 Å². The number of benzene rings is 1. The lowest BCUT2D eigenvalue weighted by Gasteiger charge is -2.06. The van der Waals surface area contributed by atoms with Crippen molar-refractivity contribution in [2.75, 3.05) is 5.32 Å². The van der Waals surface area contributed by atoms with Gasteiger partial charge in [-0.25, -0.2) is 9.18 Å². The Morgan fingerprint density at radius 3 is 2.71 bits per heavy atom. The molecule has 2 rings (SSSR count). The Hall–Kier alpha value is -1.92. The van der Waals surface area contributed by atoms with Crippen molar-refractivity contribution in [3.05, 3.63) is 51.1 Å². The van der Waals surface area contributed by atoms with Crippen LogP contribution in [-0.2, 0) is 6.42 Å². The molecule has 0 spiro atoms. The van der Waals surface area contributed by atoms with E-state index in [4.69, 9.17) is 16.7 Å². The van der Waals surface area contributed by atoms with Crippen molar-refractivity contribution in [1.29, 1.82) is 0 Å². The minimum atomic E-state index is -1.13. The van der Waals surface area contributed by atoms with Gasteiger partial charge in [-0.05, 0) is 24.6 Å². The van der Waals surface area contributed by atoms with Crippen LogP contribution in [0, 0.1) is 5.82 Å². The number of aryl methyl sites for hydroxylation is 1. The highest BCUT2D eigenvalue weighted by molar-refractivity contribution is 7.16. The van der Waals surface area contributed by atoms with Crippen molar-refractivity contribution in [2.24, 2.45) is 0 Å². The molecule has 0 aliphatic carbocycles. The van der Waals surface area contributed by atoms with Gasteiger partial charge in [0.15, 0.2) is 0 Å². The first-order valence-electron chi connectivity index (χ1n) is 6.05. The third kappa shape index (κ3) is 3.22. The molecule has 0 fully saturated rings. The number of hydrogen-bond acceptors (Lipinski definition) is 3. The number of amides is 1. The number of carboxylic acid groups (broad SMARTS) is 1. The summed E-state index contributed by atoms with van der Waals surface area (Å²) in [6, 6.07) is 5.38. The Balaban J connectivity index is 2.33. The summed E-state index contributed by atoms with van der Waals surface area (Å²) in [6.45, 7) is 1.88. The highest BCUT2D eigenvalue weighted by Crippen LogP contribution is 2.30. The zero-order valence-corrected chi connectivity index (χ0v) is 12.5. The zero-order valence-electron chi connectivity index (χ0n) is 10.9. The molecule has 0 unspecified atom stereocenters. The number of halogens is 2. The van der Waals surface area contributed by atoms with Crippen LogP contribution in [0.3, 0.4) is 0 Å². The number of carboxylic acids is 1. The Kier molecular flexibility index (Phi) is 4.59. The van der Waals surface area contributed by atoms with Crippen LogP contribution >= 0.6 is 22.9 Å². The third-order valence-electron chi connectivity index (χ3n) is 2.79. The quantitative estimate of drug-likeness (QED) is 0.890. The molecule has 110 valence electrons. The molecule has 4 nitrogen and oxygen atoms in total. The SMILES string of the molecule is CCc1cc(C(=O)O)c(NC(=O)c2cccc(F)c2Cl)s1. The van der Waals surface area contributed by atoms with E-state index in [1.807, 2.05) is 6.92 Å². The predicted octanol–water partition coefficient (Wildman–Crippen LogP) is 4.05. The monoisotopic (exact) mass is 327 g/mol. The first-order chi connectivity index (χ1) is 9.93. The number of nitrogens with one attached hydrogen (secondary N) is 1. The van der Waals surface area contributed by atoms with Crippen LogP contribution in [-0.4, -0.2) is 17.0 Å². The van der Waals surface area contributed by atoms with Crippen LogP contribution in [0.2, 0.25) is 5.02 Å². The Bertz CT molecular complexity index is 714. The summed E-state index contributed by atoms with van der Waals surface area (Å²) in [5, 5.41) is 11.5. The van der Waals surface area contributed by atoms with Crippen LogP contribution in [0.4, 0.5) is 9.39 Å². The largest absolute Gasteiger partial charge is 0.478 e. The van der Waals surface area contributed by atoms with Gasteiger partial charge in [0.25, 0.3) is 5.91 Å². The fourth-order valence-electron chi connectivity index (χ4n) is 1.72. The topological polar surface area (TPSA) is 66.4 Å². The van der Waals surface area contributed by atoms with Crippen LogP contribution < -0.4 is 5.32 Å². The van der Waals surface area contributed by atoms with Gasteiger partial charge >= 0.3 is 5.97 Å². The minimum Gasteiger partial charge on any atom is -0.478 e. The molecule has 1 aromatic heterocycles. The highest BCUT2D eigenvalue weighted by Gasteiger charge is 2.19.